The molecule has 0 amide bonds. The third-order valence-corrected chi connectivity index (χ3v) is 3.02. The second kappa shape index (κ2) is 5.55. The number of aromatic amines is 1. The molecule has 17 heavy (non-hydrogen) atoms. The summed E-state index contributed by atoms with van der Waals surface area (Å²) in [7, 11) is 0. The van der Waals surface area contributed by atoms with Crippen LogP contribution in [0, 0.1) is 11.8 Å². The molecule has 0 fully saturated rings. The predicted octanol–water partition coefficient (Wildman–Crippen LogP) is 2.58. The number of rotatable bonds is 2. The number of nitrogens with one attached hydrogen (secondary N) is 1. The topological polar surface area (TPSA) is 45.8 Å². The Morgan fingerprint density at radius 1 is 1.53 bits per heavy atom. The van der Waals surface area contributed by atoms with Crippen molar-refractivity contribution in [1.82, 2.24) is 10.2 Å². The van der Waals surface area contributed by atoms with E-state index < -0.39 is 0 Å². The first-order valence-corrected chi connectivity index (χ1v) is 6.29. The van der Waals surface area contributed by atoms with Gasteiger partial charge in [0.05, 0.1) is 11.7 Å². The number of hydrogen-bond donors (Lipinski definition) is 1. The lowest BCUT2D eigenvalue weighted by molar-refractivity contribution is -0.109. The maximum Gasteiger partial charge on any atom is 0.185 e. The highest BCUT2D eigenvalue weighted by Crippen LogP contribution is 2.11. The zero-order valence-electron chi connectivity index (χ0n) is 9.49. The average Bonchev–Trinajstić information content (AvgIpc) is 2.75. The normalized spacial score (nSPS) is 9.94. The zero-order valence-corrected chi connectivity index (χ0v) is 10.3. The number of carbonyl (C=O) groups excluding carboxylic acids is 1. The van der Waals surface area contributed by atoms with Gasteiger partial charge < -0.3 is 0 Å². The van der Waals surface area contributed by atoms with Crippen molar-refractivity contribution in [2.75, 3.05) is 5.75 Å². The van der Waals surface area contributed by atoms with Gasteiger partial charge in [-0.05, 0) is 18.2 Å². The van der Waals surface area contributed by atoms with Crippen molar-refractivity contribution in [1.29, 1.82) is 0 Å². The highest BCUT2D eigenvalue weighted by Gasteiger charge is 1.95. The van der Waals surface area contributed by atoms with Gasteiger partial charge in [-0.15, -0.1) is 0 Å². The molecule has 86 valence electrons. The van der Waals surface area contributed by atoms with Gasteiger partial charge in [-0.3, -0.25) is 9.89 Å². The number of thioether (sulfide) groups is 1. The van der Waals surface area contributed by atoms with Crippen LogP contribution >= 0.6 is 11.8 Å². The van der Waals surface area contributed by atoms with Crippen LogP contribution in [0.4, 0.5) is 0 Å². The van der Waals surface area contributed by atoms with Crippen molar-refractivity contribution < 1.29 is 4.79 Å². The van der Waals surface area contributed by atoms with Crippen molar-refractivity contribution in [3.05, 3.63) is 30.0 Å². The van der Waals surface area contributed by atoms with Crippen LogP contribution in [0.2, 0.25) is 0 Å². The van der Waals surface area contributed by atoms with Crippen LogP contribution < -0.4 is 0 Å². The Morgan fingerprint density at radius 3 is 3.24 bits per heavy atom. The predicted molar refractivity (Wildman–Crippen MR) is 70.7 cm³/mol. The third kappa shape index (κ3) is 3.36. The highest BCUT2D eigenvalue weighted by atomic mass is 32.2. The maximum absolute atomic E-state index is 10.7. The average molecular weight is 244 g/mol. The summed E-state index contributed by atoms with van der Waals surface area (Å²) in [6.07, 6.45) is 2.52. The summed E-state index contributed by atoms with van der Waals surface area (Å²) in [5, 5.41) is 8.10. The molecule has 0 saturated carbocycles. The molecule has 0 aliphatic heterocycles. The van der Waals surface area contributed by atoms with Gasteiger partial charge in [0.1, 0.15) is 0 Å². The van der Waals surface area contributed by atoms with E-state index in [2.05, 4.69) is 22.0 Å². The molecule has 3 nitrogen and oxygen atoms in total. The first-order valence-electron chi connectivity index (χ1n) is 5.31. The molecule has 0 unspecified atom stereocenters. The molecule has 0 aliphatic carbocycles. The van der Waals surface area contributed by atoms with Crippen LogP contribution in [0.15, 0.2) is 24.4 Å². The smallest absolute Gasteiger partial charge is 0.185 e. The Hall–Kier alpha value is -1.73. The summed E-state index contributed by atoms with van der Waals surface area (Å²) in [5.74, 6) is 6.89. The van der Waals surface area contributed by atoms with Crippen LogP contribution in [0.25, 0.3) is 10.9 Å². The maximum atomic E-state index is 10.7. The second-order valence-corrected chi connectivity index (χ2v) is 4.84. The molecule has 4 heteroatoms. The van der Waals surface area contributed by atoms with Gasteiger partial charge >= 0.3 is 0 Å². The number of H-pyrrole nitrogens is 1. The van der Waals surface area contributed by atoms with Crippen molar-refractivity contribution in [2.24, 2.45) is 0 Å². The van der Waals surface area contributed by atoms with Gasteiger partial charge in [-0.2, -0.15) is 5.10 Å². The standard InChI is InChI=1S/C13H12N2OS/c1-10(16)17-7-3-2-4-11-5-6-12-9-14-15-13(12)8-11/h5-6,8-9H,3,7H2,1H3,(H,14,15). The summed E-state index contributed by atoms with van der Waals surface area (Å²) < 4.78 is 0. The number of carbonyl (C=O) groups is 1. The Balaban J connectivity index is 1.98. The van der Waals surface area contributed by atoms with Crippen LogP contribution in [0.5, 0.6) is 0 Å². The van der Waals surface area contributed by atoms with E-state index in [1.807, 2.05) is 18.2 Å². The fraction of sp³-hybridized carbons (Fsp3) is 0.231. The molecule has 0 bridgehead atoms. The van der Waals surface area contributed by atoms with E-state index in [9.17, 15) is 4.79 Å². The van der Waals surface area contributed by atoms with Gasteiger partial charge in [0.15, 0.2) is 5.12 Å². The number of fused-ring (bicyclic) bond motifs is 1. The van der Waals surface area contributed by atoms with E-state index in [0.717, 1.165) is 28.6 Å². The minimum Gasteiger partial charge on any atom is -0.288 e. The molecule has 0 saturated heterocycles. The van der Waals surface area contributed by atoms with E-state index in [1.54, 1.807) is 13.1 Å². The van der Waals surface area contributed by atoms with Gasteiger partial charge in [0.25, 0.3) is 0 Å². The van der Waals surface area contributed by atoms with E-state index in [-0.39, 0.29) is 5.12 Å². The monoisotopic (exact) mass is 244 g/mol. The number of benzene rings is 1. The molecule has 0 atom stereocenters. The molecule has 1 aromatic carbocycles. The lowest BCUT2D eigenvalue weighted by Crippen LogP contribution is -1.84. The second-order valence-electron chi connectivity index (χ2n) is 3.56. The largest absolute Gasteiger partial charge is 0.288 e. The summed E-state index contributed by atoms with van der Waals surface area (Å²) in [6.45, 7) is 1.57. The van der Waals surface area contributed by atoms with Crippen molar-refractivity contribution in [2.45, 2.75) is 13.3 Å². The molecule has 0 radical (unpaired) electrons. The third-order valence-electron chi connectivity index (χ3n) is 2.21. The molecule has 2 rings (SSSR count). The van der Waals surface area contributed by atoms with Gasteiger partial charge in [0.2, 0.25) is 0 Å². The van der Waals surface area contributed by atoms with Gasteiger partial charge in [0, 0.05) is 30.0 Å². The number of aromatic nitrogens is 2. The Kier molecular flexibility index (Phi) is 3.84. The van der Waals surface area contributed by atoms with E-state index in [4.69, 9.17) is 0 Å². The van der Waals surface area contributed by atoms with Crippen LogP contribution in [0.1, 0.15) is 18.9 Å². The van der Waals surface area contributed by atoms with Gasteiger partial charge in [-0.25, -0.2) is 0 Å². The zero-order chi connectivity index (χ0) is 12.1. The molecular weight excluding hydrogens is 232 g/mol. The summed E-state index contributed by atoms with van der Waals surface area (Å²) >= 11 is 1.31. The molecule has 0 aliphatic rings. The Bertz CT molecular complexity index is 592. The van der Waals surface area contributed by atoms with E-state index in [1.165, 1.54) is 11.8 Å². The van der Waals surface area contributed by atoms with Crippen LogP contribution in [-0.2, 0) is 4.79 Å². The molecule has 1 N–H and O–H groups in total. The van der Waals surface area contributed by atoms with E-state index in [0.29, 0.717) is 0 Å². The Labute approximate surface area is 104 Å². The first kappa shape index (κ1) is 11.7. The molecule has 2 aromatic rings. The minimum absolute atomic E-state index is 0.144. The fourth-order valence-electron chi connectivity index (χ4n) is 1.43. The lowest BCUT2D eigenvalue weighted by Gasteiger charge is -1.91. The lowest BCUT2D eigenvalue weighted by atomic mass is 10.2. The number of nitrogens with zero attached hydrogens (tertiary/aromatic N) is 1. The molecule has 0 spiro atoms. The Morgan fingerprint density at radius 2 is 2.41 bits per heavy atom. The fourth-order valence-corrected chi connectivity index (χ4v) is 1.92. The van der Waals surface area contributed by atoms with Crippen LogP contribution in [0.3, 0.4) is 0 Å². The molecular formula is C13H12N2OS. The summed E-state index contributed by atoms with van der Waals surface area (Å²) in [6, 6.07) is 5.95. The van der Waals surface area contributed by atoms with E-state index >= 15 is 0 Å². The van der Waals surface area contributed by atoms with Crippen LogP contribution in [-0.4, -0.2) is 21.1 Å². The highest BCUT2D eigenvalue weighted by molar-refractivity contribution is 8.13. The summed E-state index contributed by atoms with van der Waals surface area (Å²) in [4.78, 5) is 10.7. The van der Waals surface area contributed by atoms with Gasteiger partial charge in [-0.1, -0.05) is 23.6 Å². The van der Waals surface area contributed by atoms with Crippen molar-refractivity contribution >= 4 is 27.8 Å². The van der Waals surface area contributed by atoms with Crippen molar-refractivity contribution in [3.63, 3.8) is 0 Å². The molecule has 1 heterocycles. The number of hydrogen-bond acceptors (Lipinski definition) is 3. The van der Waals surface area contributed by atoms with Crippen molar-refractivity contribution in [3.8, 4) is 11.8 Å². The first-order chi connectivity index (χ1) is 8.25. The minimum atomic E-state index is 0.144. The molecule has 1 aromatic heterocycles. The SMILES string of the molecule is CC(=O)SCCC#Cc1ccc2cn[nH]c2c1. The quantitative estimate of drug-likeness (QED) is 0.652. The summed E-state index contributed by atoms with van der Waals surface area (Å²) in [5.41, 5.74) is 1.96.